The van der Waals surface area contributed by atoms with Gasteiger partial charge in [0.05, 0.1) is 10.8 Å². The molecule has 0 atom stereocenters. The van der Waals surface area contributed by atoms with E-state index in [0.717, 1.165) is 11.1 Å². The molecular formula is C20H22BrN7O6. The minimum atomic E-state index is -0.621. The molecule has 13 nitrogen and oxygen atoms in total. The Kier molecular flexibility index (Phi) is 7.94. The Morgan fingerprint density at radius 3 is 2.68 bits per heavy atom. The maximum absolute atomic E-state index is 12.2. The van der Waals surface area contributed by atoms with Crippen LogP contribution in [0.1, 0.15) is 33.3 Å². The molecule has 2 amide bonds. The standard InChI is InChI=1S/C20H22BrN7O6/c1-11-5-4-6-14(12(11)2)33-10-16(29)22-7-8-23-19(30)20-24-15(26-34-20)9-27-13(3)17(21)18(25-27)28(31)32/h4-6H,7-10H2,1-3H3,(H,22,29)(H,23,30). The number of ether oxygens (including phenoxy) is 1. The maximum Gasteiger partial charge on any atom is 0.404 e. The second kappa shape index (κ2) is 10.9. The molecule has 14 heteroatoms. The summed E-state index contributed by atoms with van der Waals surface area (Å²) >= 11 is 3.13. The number of nitrogens with zero attached hydrogens (tertiary/aromatic N) is 5. The van der Waals surface area contributed by atoms with E-state index in [2.05, 4.69) is 41.8 Å². The van der Waals surface area contributed by atoms with Gasteiger partial charge in [-0.05, 0) is 58.8 Å². The fourth-order valence-electron chi connectivity index (χ4n) is 2.85. The molecule has 3 aromatic rings. The highest BCUT2D eigenvalue weighted by atomic mass is 79.9. The average Bonchev–Trinajstić information content (AvgIpc) is 3.38. The Labute approximate surface area is 202 Å². The summed E-state index contributed by atoms with van der Waals surface area (Å²) < 4.78 is 12.0. The number of aromatic nitrogens is 4. The third kappa shape index (κ3) is 5.95. The van der Waals surface area contributed by atoms with Gasteiger partial charge < -0.3 is 30.0 Å². The molecule has 0 bridgehead atoms. The van der Waals surface area contributed by atoms with Gasteiger partial charge in [0.1, 0.15) is 16.8 Å². The topological polar surface area (TPSA) is 167 Å². The van der Waals surface area contributed by atoms with E-state index in [1.165, 1.54) is 4.68 Å². The van der Waals surface area contributed by atoms with Crippen molar-refractivity contribution in [2.24, 2.45) is 0 Å². The van der Waals surface area contributed by atoms with Gasteiger partial charge in [-0.2, -0.15) is 9.67 Å². The van der Waals surface area contributed by atoms with Crippen LogP contribution in [0, 0.1) is 30.9 Å². The van der Waals surface area contributed by atoms with E-state index < -0.39 is 10.8 Å². The molecular weight excluding hydrogens is 514 g/mol. The number of aryl methyl sites for hydroxylation is 1. The first-order valence-electron chi connectivity index (χ1n) is 10.1. The lowest BCUT2D eigenvalue weighted by Gasteiger charge is -2.11. The normalized spacial score (nSPS) is 10.7. The predicted octanol–water partition coefficient (Wildman–Crippen LogP) is 1.84. The molecule has 1 aromatic carbocycles. The quantitative estimate of drug-likeness (QED) is 0.223. The highest BCUT2D eigenvalue weighted by Gasteiger charge is 2.25. The van der Waals surface area contributed by atoms with Crippen LogP contribution in [0.4, 0.5) is 5.82 Å². The SMILES string of the molecule is Cc1cccc(OCC(=O)NCCNC(=O)c2nc(Cn3nc([N+](=O)[O-])c(Br)c3C)no2)c1C. The van der Waals surface area contributed by atoms with Crippen LogP contribution in [0.2, 0.25) is 0 Å². The van der Waals surface area contributed by atoms with E-state index in [9.17, 15) is 19.7 Å². The molecule has 0 aliphatic heterocycles. The fourth-order valence-corrected chi connectivity index (χ4v) is 3.28. The van der Waals surface area contributed by atoms with Crippen molar-refractivity contribution in [1.29, 1.82) is 0 Å². The van der Waals surface area contributed by atoms with Crippen LogP contribution in [0.15, 0.2) is 27.2 Å². The molecule has 2 heterocycles. The lowest BCUT2D eigenvalue weighted by atomic mass is 10.1. The van der Waals surface area contributed by atoms with Crippen molar-refractivity contribution >= 4 is 33.6 Å². The number of carbonyl (C=O) groups is 2. The summed E-state index contributed by atoms with van der Waals surface area (Å²) in [5.41, 5.74) is 2.54. The Hall–Kier alpha value is -3.81. The Morgan fingerprint density at radius 1 is 1.24 bits per heavy atom. The summed E-state index contributed by atoms with van der Waals surface area (Å²) in [6.45, 7) is 5.65. The molecule has 2 aromatic heterocycles. The van der Waals surface area contributed by atoms with Gasteiger partial charge in [-0.3, -0.25) is 9.59 Å². The highest BCUT2D eigenvalue weighted by molar-refractivity contribution is 9.10. The van der Waals surface area contributed by atoms with Crippen molar-refractivity contribution in [2.75, 3.05) is 19.7 Å². The van der Waals surface area contributed by atoms with E-state index in [-0.39, 0.29) is 54.2 Å². The summed E-state index contributed by atoms with van der Waals surface area (Å²) in [7, 11) is 0. The van der Waals surface area contributed by atoms with Gasteiger partial charge in [0.25, 0.3) is 5.91 Å². The molecule has 180 valence electrons. The van der Waals surface area contributed by atoms with Gasteiger partial charge in [-0.15, -0.1) is 0 Å². The fraction of sp³-hybridized carbons (Fsp3) is 0.350. The largest absolute Gasteiger partial charge is 0.483 e. The maximum atomic E-state index is 12.2. The summed E-state index contributed by atoms with van der Waals surface area (Å²) in [5.74, 6) is -0.801. The Balaban J connectivity index is 1.43. The van der Waals surface area contributed by atoms with Gasteiger partial charge in [0.2, 0.25) is 0 Å². The smallest absolute Gasteiger partial charge is 0.404 e. The number of hydrogen-bond acceptors (Lipinski definition) is 9. The average molecular weight is 536 g/mol. The molecule has 0 aliphatic rings. The zero-order valence-corrected chi connectivity index (χ0v) is 20.2. The van der Waals surface area contributed by atoms with Crippen molar-refractivity contribution in [3.8, 4) is 5.75 Å². The number of benzene rings is 1. The van der Waals surface area contributed by atoms with Gasteiger partial charge in [-0.25, -0.2) is 0 Å². The lowest BCUT2D eigenvalue weighted by molar-refractivity contribution is -0.390. The monoisotopic (exact) mass is 535 g/mol. The van der Waals surface area contributed by atoms with E-state index in [1.54, 1.807) is 13.0 Å². The summed E-state index contributed by atoms with van der Waals surface area (Å²) in [5, 5.41) is 23.8. The van der Waals surface area contributed by atoms with Gasteiger partial charge >= 0.3 is 17.6 Å². The minimum Gasteiger partial charge on any atom is -0.483 e. The van der Waals surface area contributed by atoms with Crippen LogP contribution >= 0.6 is 15.9 Å². The zero-order valence-electron chi connectivity index (χ0n) is 18.6. The van der Waals surface area contributed by atoms with E-state index >= 15 is 0 Å². The first-order chi connectivity index (χ1) is 16.2. The lowest BCUT2D eigenvalue weighted by Crippen LogP contribution is -2.36. The third-order valence-electron chi connectivity index (χ3n) is 4.89. The number of hydrogen-bond donors (Lipinski definition) is 2. The number of nitro groups is 1. The molecule has 0 saturated carbocycles. The zero-order chi connectivity index (χ0) is 24.8. The molecule has 34 heavy (non-hydrogen) atoms. The summed E-state index contributed by atoms with van der Waals surface area (Å²) in [6, 6.07) is 5.61. The third-order valence-corrected chi connectivity index (χ3v) is 5.82. The van der Waals surface area contributed by atoms with Crippen molar-refractivity contribution < 1.29 is 23.8 Å². The molecule has 0 unspecified atom stereocenters. The Morgan fingerprint density at radius 2 is 1.97 bits per heavy atom. The van der Waals surface area contributed by atoms with Crippen LogP contribution in [-0.4, -0.2) is 56.4 Å². The Bertz CT molecular complexity index is 1220. The van der Waals surface area contributed by atoms with Crippen LogP contribution in [0.5, 0.6) is 5.75 Å². The van der Waals surface area contributed by atoms with Crippen molar-refractivity contribution in [1.82, 2.24) is 30.6 Å². The molecule has 0 radical (unpaired) electrons. The van der Waals surface area contributed by atoms with E-state index in [0.29, 0.717) is 11.4 Å². The number of rotatable bonds is 10. The number of amides is 2. The van der Waals surface area contributed by atoms with Gasteiger partial charge in [0, 0.05) is 13.1 Å². The minimum absolute atomic E-state index is 0.0223. The summed E-state index contributed by atoms with van der Waals surface area (Å²) in [6.07, 6.45) is 0. The van der Waals surface area contributed by atoms with Crippen molar-refractivity contribution in [3.63, 3.8) is 0 Å². The number of carbonyl (C=O) groups excluding carboxylic acids is 2. The van der Waals surface area contributed by atoms with E-state index in [1.807, 2.05) is 26.0 Å². The van der Waals surface area contributed by atoms with E-state index in [4.69, 9.17) is 9.26 Å². The second-order valence-electron chi connectivity index (χ2n) is 7.25. The van der Waals surface area contributed by atoms with Gasteiger partial charge in [0.15, 0.2) is 12.4 Å². The molecule has 0 saturated heterocycles. The molecule has 2 N–H and O–H groups in total. The van der Waals surface area contributed by atoms with Gasteiger partial charge in [-0.1, -0.05) is 17.3 Å². The summed E-state index contributed by atoms with van der Waals surface area (Å²) in [4.78, 5) is 38.5. The van der Waals surface area contributed by atoms with Crippen molar-refractivity contribution in [2.45, 2.75) is 27.3 Å². The first-order valence-corrected chi connectivity index (χ1v) is 10.9. The second-order valence-corrected chi connectivity index (χ2v) is 8.04. The molecule has 0 fully saturated rings. The predicted molar refractivity (Wildman–Crippen MR) is 121 cm³/mol. The highest BCUT2D eigenvalue weighted by Crippen LogP contribution is 2.27. The molecule has 0 spiro atoms. The number of nitrogens with one attached hydrogen (secondary N) is 2. The van der Waals surface area contributed by atoms with Crippen LogP contribution in [0.25, 0.3) is 0 Å². The molecule has 0 aliphatic carbocycles. The number of halogens is 1. The molecule has 3 rings (SSSR count). The first kappa shape index (κ1) is 24.8. The van der Waals surface area contributed by atoms with Crippen LogP contribution < -0.4 is 15.4 Å². The van der Waals surface area contributed by atoms with Crippen LogP contribution in [0.3, 0.4) is 0 Å². The van der Waals surface area contributed by atoms with Crippen molar-refractivity contribution in [3.05, 3.63) is 61.3 Å². The van der Waals surface area contributed by atoms with Crippen LogP contribution in [-0.2, 0) is 11.3 Å².